The number of hydrogen-bond acceptors (Lipinski definition) is 4. The molecule has 1 heterocycles. The van der Waals surface area contributed by atoms with Crippen molar-refractivity contribution in [3.8, 4) is 0 Å². The maximum absolute atomic E-state index is 6.08. The molecule has 0 radical (unpaired) electrons. The lowest BCUT2D eigenvalue weighted by Gasteiger charge is -2.10. The molecule has 0 bridgehead atoms. The van der Waals surface area contributed by atoms with Crippen molar-refractivity contribution in [1.29, 1.82) is 0 Å². The molecule has 1 aromatic carbocycles. The van der Waals surface area contributed by atoms with Crippen molar-refractivity contribution in [3.63, 3.8) is 0 Å². The van der Waals surface area contributed by atoms with Crippen molar-refractivity contribution in [2.75, 3.05) is 17.2 Å². The summed E-state index contributed by atoms with van der Waals surface area (Å²) in [7, 11) is 0. The fourth-order valence-electron chi connectivity index (χ4n) is 1.50. The first kappa shape index (κ1) is 13.9. The molecule has 19 heavy (non-hydrogen) atoms. The quantitative estimate of drug-likeness (QED) is 0.861. The highest BCUT2D eigenvalue weighted by atomic mass is 35.5. The molecule has 2 N–H and O–H groups in total. The second kappa shape index (κ2) is 6.59. The Balaban J connectivity index is 2.19. The molecule has 2 aromatic rings. The van der Waals surface area contributed by atoms with Gasteiger partial charge in [0.1, 0.15) is 5.82 Å². The van der Waals surface area contributed by atoms with E-state index in [1.807, 2.05) is 6.07 Å². The monoisotopic (exact) mass is 296 g/mol. The first-order chi connectivity index (χ1) is 9.20. The molecular formula is C13H14Cl2N4. The zero-order valence-corrected chi connectivity index (χ0v) is 12.0. The molecule has 0 aliphatic heterocycles. The molecule has 0 amide bonds. The van der Waals surface area contributed by atoms with Gasteiger partial charge < -0.3 is 10.6 Å². The minimum absolute atomic E-state index is 0.455. The van der Waals surface area contributed by atoms with Gasteiger partial charge in [0, 0.05) is 12.7 Å². The molecule has 100 valence electrons. The van der Waals surface area contributed by atoms with Crippen molar-refractivity contribution in [3.05, 3.63) is 40.5 Å². The van der Waals surface area contributed by atoms with Gasteiger partial charge in [0.05, 0.1) is 15.7 Å². The molecule has 6 heteroatoms. The van der Waals surface area contributed by atoms with Gasteiger partial charge in [-0.1, -0.05) is 36.2 Å². The third-order valence-electron chi connectivity index (χ3n) is 2.41. The van der Waals surface area contributed by atoms with Gasteiger partial charge in [-0.2, -0.15) is 4.98 Å². The fourth-order valence-corrected chi connectivity index (χ4v) is 1.99. The van der Waals surface area contributed by atoms with Crippen LogP contribution in [-0.2, 0) is 0 Å². The van der Waals surface area contributed by atoms with Gasteiger partial charge in [0.15, 0.2) is 0 Å². The highest BCUT2D eigenvalue weighted by Crippen LogP contribution is 2.31. The van der Waals surface area contributed by atoms with Crippen LogP contribution in [0.15, 0.2) is 30.5 Å². The van der Waals surface area contributed by atoms with Crippen LogP contribution in [0.2, 0.25) is 10.0 Å². The number of aromatic nitrogens is 2. The summed E-state index contributed by atoms with van der Waals surface area (Å²) in [6.07, 6.45) is 2.71. The van der Waals surface area contributed by atoms with Gasteiger partial charge in [-0.3, -0.25) is 0 Å². The average Bonchev–Trinajstić information content (AvgIpc) is 2.41. The van der Waals surface area contributed by atoms with Gasteiger partial charge in [0.2, 0.25) is 5.95 Å². The minimum Gasteiger partial charge on any atom is -0.370 e. The lowest BCUT2D eigenvalue weighted by molar-refractivity contribution is 0.966. The number of para-hydroxylation sites is 1. The Hall–Kier alpha value is -1.52. The van der Waals surface area contributed by atoms with Crippen LogP contribution in [0.5, 0.6) is 0 Å². The number of benzene rings is 1. The van der Waals surface area contributed by atoms with Crippen LogP contribution < -0.4 is 10.6 Å². The molecule has 0 saturated carbocycles. The van der Waals surface area contributed by atoms with Gasteiger partial charge in [0.25, 0.3) is 0 Å². The SMILES string of the molecule is CCCNc1ccnc(Nc2c(Cl)cccc2Cl)n1. The van der Waals surface area contributed by atoms with Crippen molar-refractivity contribution in [2.24, 2.45) is 0 Å². The number of nitrogens with one attached hydrogen (secondary N) is 2. The van der Waals surface area contributed by atoms with Gasteiger partial charge in [-0.05, 0) is 24.6 Å². The first-order valence-corrected chi connectivity index (χ1v) is 6.74. The second-order valence-electron chi connectivity index (χ2n) is 3.91. The van der Waals surface area contributed by atoms with Crippen molar-refractivity contribution < 1.29 is 0 Å². The lowest BCUT2D eigenvalue weighted by Crippen LogP contribution is -2.04. The Kier molecular flexibility index (Phi) is 4.82. The third-order valence-corrected chi connectivity index (χ3v) is 3.04. The summed E-state index contributed by atoms with van der Waals surface area (Å²) >= 11 is 12.2. The van der Waals surface area contributed by atoms with Crippen molar-refractivity contribution >= 4 is 40.7 Å². The van der Waals surface area contributed by atoms with Crippen LogP contribution in [0.3, 0.4) is 0 Å². The number of halogens is 2. The van der Waals surface area contributed by atoms with E-state index in [1.165, 1.54) is 0 Å². The predicted molar refractivity (Wildman–Crippen MR) is 80.6 cm³/mol. The predicted octanol–water partition coefficient (Wildman–Crippen LogP) is 4.35. The van der Waals surface area contributed by atoms with E-state index in [9.17, 15) is 0 Å². The van der Waals surface area contributed by atoms with Gasteiger partial charge in [-0.25, -0.2) is 4.98 Å². The van der Waals surface area contributed by atoms with Crippen molar-refractivity contribution in [2.45, 2.75) is 13.3 Å². The van der Waals surface area contributed by atoms with Gasteiger partial charge >= 0.3 is 0 Å². The molecule has 1 aromatic heterocycles. The number of hydrogen-bond donors (Lipinski definition) is 2. The van der Waals surface area contributed by atoms with Crippen LogP contribution in [0, 0.1) is 0 Å². The van der Waals surface area contributed by atoms with E-state index in [1.54, 1.807) is 24.4 Å². The van der Waals surface area contributed by atoms with E-state index in [4.69, 9.17) is 23.2 Å². The topological polar surface area (TPSA) is 49.8 Å². The third kappa shape index (κ3) is 3.72. The van der Waals surface area contributed by atoms with E-state index in [0.29, 0.717) is 21.7 Å². The van der Waals surface area contributed by atoms with E-state index in [-0.39, 0.29) is 0 Å². The van der Waals surface area contributed by atoms with Crippen LogP contribution in [-0.4, -0.2) is 16.5 Å². The maximum Gasteiger partial charge on any atom is 0.229 e. The summed E-state index contributed by atoms with van der Waals surface area (Å²) in [5.41, 5.74) is 0.610. The smallest absolute Gasteiger partial charge is 0.229 e. The zero-order valence-electron chi connectivity index (χ0n) is 10.5. The summed E-state index contributed by atoms with van der Waals surface area (Å²) in [6.45, 7) is 2.96. The Morgan fingerprint density at radius 2 is 1.89 bits per heavy atom. The van der Waals surface area contributed by atoms with Crippen molar-refractivity contribution in [1.82, 2.24) is 9.97 Å². The minimum atomic E-state index is 0.455. The summed E-state index contributed by atoms with van der Waals surface area (Å²) in [4.78, 5) is 8.48. The molecule has 0 aliphatic carbocycles. The standard InChI is InChI=1S/C13H14Cl2N4/c1-2-7-16-11-6-8-17-13(18-11)19-12-9(14)4-3-5-10(12)15/h3-6,8H,2,7H2,1H3,(H2,16,17,18,19). The van der Waals surface area contributed by atoms with E-state index in [0.717, 1.165) is 18.8 Å². The summed E-state index contributed by atoms with van der Waals surface area (Å²) < 4.78 is 0. The first-order valence-electron chi connectivity index (χ1n) is 5.98. The summed E-state index contributed by atoms with van der Waals surface area (Å²) in [5, 5.41) is 7.28. The molecule has 4 nitrogen and oxygen atoms in total. The van der Waals surface area contributed by atoms with Crippen LogP contribution >= 0.6 is 23.2 Å². The molecule has 0 spiro atoms. The molecule has 0 unspecified atom stereocenters. The Bertz CT molecular complexity index is 540. The van der Waals surface area contributed by atoms with E-state index in [2.05, 4.69) is 27.5 Å². The van der Waals surface area contributed by atoms with Gasteiger partial charge in [-0.15, -0.1) is 0 Å². The molecule has 0 fully saturated rings. The average molecular weight is 297 g/mol. The highest BCUT2D eigenvalue weighted by molar-refractivity contribution is 6.39. The Morgan fingerprint density at radius 1 is 1.16 bits per heavy atom. The molecule has 0 atom stereocenters. The maximum atomic E-state index is 6.08. The largest absolute Gasteiger partial charge is 0.370 e. The van der Waals surface area contributed by atoms with Crippen LogP contribution in [0.25, 0.3) is 0 Å². The summed E-state index contributed by atoms with van der Waals surface area (Å²) in [6, 6.07) is 7.12. The fraction of sp³-hybridized carbons (Fsp3) is 0.231. The Labute approximate surface area is 122 Å². The number of nitrogens with zero attached hydrogens (tertiary/aromatic N) is 2. The zero-order chi connectivity index (χ0) is 13.7. The number of anilines is 3. The molecule has 0 aliphatic rings. The molecule has 0 saturated heterocycles. The summed E-state index contributed by atoms with van der Waals surface area (Å²) in [5.74, 6) is 1.22. The lowest BCUT2D eigenvalue weighted by atomic mass is 10.3. The molecule has 2 rings (SSSR count). The second-order valence-corrected chi connectivity index (χ2v) is 4.73. The normalized spacial score (nSPS) is 10.3. The van der Waals surface area contributed by atoms with Crippen LogP contribution in [0.4, 0.5) is 17.5 Å². The molecular weight excluding hydrogens is 283 g/mol. The Morgan fingerprint density at radius 3 is 2.58 bits per heavy atom. The van der Waals surface area contributed by atoms with Crippen LogP contribution in [0.1, 0.15) is 13.3 Å². The number of rotatable bonds is 5. The highest BCUT2D eigenvalue weighted by Gasteiger charge is 2.07. The van der Waals surface area contributed by atoms with E-state index < -0.39 is 0 Å². The van der Waals surface area contributed by atoms with E-state index >= 15 is 0 Å².